The fourth-order valence-electron chi connectivity index (χ4n) is 11.3. The quantitative estimate of drug-likeness (QED) is 0.0169. The molecule has 0 rings (SSSR count). The molecule has 0 radical (unpaired) electrons. The van der Waals surface area contributed by atoms with Crippen LogP contribution in [0.15, 0.2) is 24.3 Å². The highest BCUT2D eigenvalue weighted by Crippen LogP contribution is 2.45. The summed E-state index contributed by atoms with van der Waals surface area (Å²) in [4.78, 5) is 72.7. The Bertz CT molecular complexity index is 1950. The van der Waals surface area contributed by atoms with Crippen LogP contribution >= 0.6 is 15.6 Å². The van der Waals surface area contributed by atoms with Crippen molar-refractivity contribution >= 4 is 39.5 Å². The molecule has 0 spiro atoms. The third-order valence-electron chi connectivity index (χ3n) is 17.3. The second-order valence-electron chi connectivity index (χ2n) is 28.0. The third-order valence-corrected chi connectivity index (χ3v) is 19.2. The van der Waals surface area contributed by atoms with Crippen LogP contribution in [0.25, 0.3) is 0 Å². The fourth-order valence-corrected chi connectivity index (χ4v) is 12.9. The number of carbonyl (C=O) groups is 4. The zero-order valence-corrected chi connectivity index (χ0v) is 63.9. The summed E-state index contributed by atoms with van der Waals surface area (Å²) >= 11 is 0. The summed E-state index contributed by atoms with van der Waals surface area (Å²) in [5, 5.41) is 10.6. The zero-order chi connectivity index (χ0) is 70.7. The van der Waals surface area contributed by atoms with Crippen LogP contribution in [0, 0.1) is 11.8 Å². The highest BCUT2D eigenvalue weighted by atomic mass is 31.2. The molecule has 0 aliphatic rings. The number of rotatable bonds is 74. The number of aliphatic hydroxyl groups is 1. The van der Waals surface area contributed by atoms with Gasteiger partial charge in [-0.1, -0.05) is 323 Å². The van der Waals surface area contributed by atoms with E-state index >= 15 is 0 Å². The standard InChI is InChI=1S/C77H146O17P2/c1-7-9-11-13-15-17-19-21-23-24-25-26-27-29-31-33-37-41-49-55-61-76(81)93-72(65-87-74(79)59-53-47-40-36-32-30-28-22-20-18-16-14-12-10-8-2)67-91-95(83,84)89-63-71(78)64-90-96(85,86)92-68-73(66-88-75(80)60-54-48-44-43-46-52-58-70(5)6)94-77(82)62-56-50-42-38-34-35-39-45-51-57-69(3)4/h18,20,22,28,69-73,78H,7-17,19,21,23-27,29-68H2,1-6H3,(H,83,84)(H,85,86)/b20-18-,28-22-/t71-,72-,73-/m1/s1. The Balaban J connectivity index is 5.25. The van der Waals surface area contributed by atoms with E-state index in [4.69, 9.17) is 37.0 Å². The molecular weight excluding hydrogens is 1260 g/mol. The average molecular weight is 1410 g/mol. The van der Waals surface area contributed by atoms with Crippen molar-refractivity contribution in [2.24, 2.45) is 11.8 Å². The first-order valence-electron chi connectivity index (χ1n) is 39.3. The van der Waals surface area contributed by atoms with Gasteiger partial charge in [0.2, 0.25) is 0 Å². The molecule has 0 amide bonds. The van der Waals surface area contributed by atoms with Gasteiger partial charge >= 0.3 is 39.5 Å². The van der Waals surface area contributed by atoms with Crippen LogP contribution in [0.3, 0.4) is 0 Å². The van der Waals surface area contributed by atoms with E-state index in [0.717, 1.165) is 121 Å². The molecule has 0 aromatic rings. The molecule has 0 aliphatic carbocycles. The van der Waals surface area contributed by atoms with Crippen molar-refractivity contribution in [1.82, 2.24) is 0 Å². The number of ether oxygens (including phenoxy) is 4. The molecule has 0 aromatic carbocycles. The Morgan fingerprint density at radius 3 is 0.854 bits per heavy atom. The molecule has 566 valence electrons. The van der Waals surface area contributed by atoms with E-state index in [-0.39, 0.29) is 25.7 Å². The molecule has 0 heterocycles. The van der Waals surface area contributed by atoms with Crippen LogP contribution in [-0.2, 0) is 65.4 Å². The van der Waals surface area contributed by atoms with Crippen LogP contribution in [0.1, 0.15) is 375 Å². The van der Waals surface area contributed by atoms with Crippen LogP contribution in [0.5, 0.6) is 0 Å². The van der Waals surface area contributed by atoms with Gasteiger partial charge in [0.1, 0.15) is 19.3 Å². The normalized spacial score (nSPS) is 14.2. The molecular formula is C77H146O17P2. The van der Waals surface area contributed by atoms with Gasteiger partial charge in [0.25, 0.3) is 0 Å². The number of hydrogen-bond donors (Lipinski definition) is 3. The highest BCUT2D eigenvalue weighted by molar-refractivity contribution is 7.47. The van der Waals surface area contributed by atoms with Crippen molar-refractivity contribution < 1.29 is 80.2 Å². The minimum absolute atomic E-state index is 0.102. The Morgan fingerprint density at radius 2 is 0.562 bits per heavy atom. The van der Waals surface area contributed by atoms with Gasteiger partial charge in [-0.2, -0.15) is 0 Å². The van der Waals surface area contributed by atoms with Crippen LogP contribution in [0.4, 0.5) is 0 Å². The molecule has 0 aliphatic heterocycles. The summed E-state index contributed by atoms with van der Waals surface area (Å²) in [5.41, 5.74) is 0. The first-order chi connectivity index (χ1) is 46.4. The summed E-state index contributed by atoms with van der Waals surface area (Å²) in [7, 11) is -9.92. The first-order valence-corrected chi connectivity index (χ1v) is 42.3. The Kier molecular flexibility index (Phi) is 66.6. The molecule has 0 fully saturated rings. The van der Waals surface area contributed by atoms with Crippen molar-refractivity contribution in [2.45, 2.75) is 394 Å². The van der Waals surface area contributed by atoms with E-state index in [2.05, 4.69) is 65.8 Å². The van der Waals surface area contributed by atoms with E-state index in [0.29, 0.717) is 31.6 Å². The number of phosphoric acid groups is 2. The van der Waals surface area contributed by atoms with Crippen LogP contribution in [0.2, 0.25) is 0 Å². The number of unbranched alkanes of at least 4 members (excludes halogenated alkanes) is 41. The smallest absolute Gasteiger partial charge is 0.462 e. The first kappa shape index (κ1) is 93.5. The summed E-state index contributed by atoms with van der Waals surface area (Å²) in [5.74, 6) is -0.736. The van der Waals surface area contributed by atoms with E-state index in [1.165, 1.54) is 167 Å². The van der Waals surface area contributed by atoms with E-state index in [1.807, 2.05) is 0 Å². The predicted octanol–water partition coefficient (Wildman–Crippen LogP) is 22.3. The van der Waals surface area contributed by atoms with Crippen LogP contribution < -0.4 is 0 Å². The monoisotopic (exact) mass is 1410 g/mol. The molecule has 17 nitrogen and oxygen atoms in total. The Morgan fingerprint density at radius 1 is 0.323 bits per heavy atom. The number of hydrogen-bond acceptors (Lipinski definition) is 15. The lowest BCUT2D eigenvalue weighted by Crippen LogP contribution is -2.30. The third kappa shape index (κ3) is 70.0. The van der Waals surface area contributed by atoms with Crippen molar-refractivity contribution in [3.63, 3.8) is 0 Å². The number of carbonyl (C=O) groups excluding carboxylic acids is 4. The predicted molar refractivity (Wildman–Crippen MR) is 391 cm³/mol. The highest BCUT2D eigenvalue weighted by Gasteiger charge is 2.30. The fraction of sp³-hybridized carbons (Fsp3) is 0.896. The second kappa shape index (κ2) is 68.3. The van der Waals surface area contributed by atoms with Gasteiger partial charge in [0.15, 0.2) is 12.2 Å². The number of phosphoric ester groups is 2. The van der Waals surface area contributed by atoms with E-state index in [1.54, 1.807) is 0 Å². The maximum Gasteiger partial charge on any atom is 0.472 e. The van der Waals surface area contributed by atoms with Gasteiger partial charge in [-0.3, -0.25) is 37.3 Å². The lowest BCUT2D eigenvalue weighted by molar-refractivity contribution is -0.161. The van der Waals surface area contributed by atoms with Crippen molar-refractivity contribution in [1.29, 1.82) is 0 Å². The zero-order valence-electron chi connectivity index (χ0n) is 62.2. The Labute approximate surface area is 586 Å². The maximum absolute atomic E-state index is 13.1. The summed E-state index contributed by atoms with van der Waals surface area (Å²) in [6.45, 7) is 9.42. The molecule has 0 bridgehead atoms. The van der Waals surface area contributed by atoms with Crippen molar-refractivity contribution in [3.05, 3.63) is 24.3 Å². The van der Waals surface area contributed by atoms with Crippen molar-refractivity contribution in [2.75, 3.05) is 39.6 Å². The molecule has 96 heavy (non-hydrogen) atoms. The average Bonchev–Trinajstić information content (AvgIpc) is 1.42. The molecule has 0 saturated carbocycles. The molecule has 3 N–H and O–H groups in total. The SMILES string of the molecule is CCCCCC/C=C\C=C/CCCCCCCC(=O)OC[C@H](COP(=O)(O)OC[C@@H](O)COP(=O)(O)OC[C@@H](COC(=O)CCCCCCCCC(C)C)OC(=O)CCCCCCCCCCCC(C)C)OC(=O)CCCCCCCCCCCCCCCCCCCCCC. The molecule has 0 saturated heterocycles. The van der Waals surface area contributed by atoms with Crippen molar-refractivity contribution in [3.8, 4) is 0 Å². The van der Waals surface area contributed by atoms with Crippen LogP contribution in [-0.4, -0.2) is 96.7 Å². The molecule has 2 unspecified atom stereocenters. The lowest BCUT2D eigenvalue weighted by atomic mass is 10.0. The van der Waals surface area contributed by atoms with Gasteiger partial charge in [-0.25, -0.2) is 9.13 Å². The second-order valence-corrected chi connectivity index (χ2v) is 30.9. The number of allylic oxidation sites excluding steroid dienone is 4. The minimum atomic E-state index is -4.97. The summed E-state index contributed by atoms with van der Waals surface area (Å²) in [6, 6.07) is 0. The van der Waals surface area contributed by atoms with Gasteiger partial charge in [-0.05, 0) is 63.2 Å². The molecule has 5 atom stereocenters. The van der Waals surface area contributed by atoms with E-state index < -0.39 is 97.5 Å². The largest absolute Gasteiger partial charge is 0.472 e. The van der Waals surface area contributed by atoms with Gasteiger partial charge in [0.05, 0.1) is 26.4 Å². The van der Waals surface area contributed by atoms with E-state index in [9.17, 15) is 43.2 Å². The molecule has 19 heteroatoms. The Hall–Kier alpha value is -2.46. The summed E-state index contributed by atoms with van der Waals surface area (Å²) in [6.07, 6.45) is 59.4. The lowest BCUT2D eigenvalue weighted by Gasteiger charge is -2.21. The molecule has 0 aromatic heterocycles. The number of esters is 4. The topological polar surface area (TPSA) is 237 Å². The van der Waals surface area contributed by atoms with Gasteiger partial charge < -0.3 is 33.8 Å². The number of aliphatic hydroxyl groups excluding tert-OH is 1. The summed E-state index contributed by atoms with van der Waals surface area (Å²) < 4.78 is 68.4. The van der Waals surface area contributed by atoms with Gasteiger partial charge in [-0.15, -0.1) is 0 Å². The minimum Gasteiger partial charge on any atom is -0.462 e. The maximum atomic E-state index is 13.1. The van der Waals surface area contributed by atoms with Gasteiger partial charge in [0, 0.05) is 25.7 Å².